The highest BCUT2D eigenvalue weighted by Crippen LogP contribution is 2.27. The number of likely N-dealkylation sites (tertiary alicyclic amines) is 1. The molecule has 124 valence electrons. The Morgan fingerprint density at radius 2 is 1.95 bits per heavy atom. The summed E-state index contributed by atoms with van der Waals surface area (Å²) in [4.78, 5) is 13.5. The first kappa shape index (κ1) is 18.5. The summed E-state index contributed by atoms with van der Waals surface area (Å²) in [6.45, 7) is 6.15. The van der Waals surface area contributed by atoms with Gasteiger partial charge in [0.2, 0.25) is 0 Å². The number of hydrogen-bond acceptors (Lipinski definition) is 6. The zero-order valence-electron chi connectivity index (χ0n) is 13.0. The molecule has 0 aromatic rings. The first-order valence-electron chi connectivity index (χ1n) is 7.22. The van der Waals surface area contributed by atoms with Crippen molar-refractivity contribution in [2.75, 3.05) is 31.2 Å². The van der Waals surface area contributed by atoms with Crippen LogP contribution in [-0.2, 0) is 4.74 Å². The van der Waals surface area contributed by atoms with Crippen molar-refractivity contribution in [3.8, 4) is 0 Å². The lowest BCUT2D eigenvalue weighted by Crippen LogP contribution is -2.49. The van der Waals surface area contributed by atoms with Crippen molar-refractivity contribution in [3.63, 3.8) is 0 Å². The summed E-state index contributed by atoms with van der Waals surface area (Å²) in [5, 5.41) is 28.5. The quantitative estimate of drug-likeness (QED) is 0.695. The highest BCUT2D eigenvalue weighted by Gasteiger charge is 2.35. The summed E-state index contributed by atoms with van der Waals surface area (Å²) in [6.07, 6.45) is -0.100. The van der Waals surface area contributed by atoms with Gasteiger partial charge in [-0.15, -0.1) is 0 Å². The molecular formula is C14H27NO5S. The van der Waals surface area contributed by atoms with Crippen molar-refractivity contribution in [1.29, 1.82) is 0 Å². The summed E-state index contributed by atoms with van der Waals surface area (Å²) >= 11 is 1.42. The summed E-state index contributed by atoms with van der Waals surface area (Å²) in [7, 11) is 0. The highest BCUT2D eigenvalue weighted by molar-refractivity contribution is 7.99. The molecule has 1 atom stereocenters. The largest absolute Gasteiger partial charge is 0.444 e. The van der Waals surface area contributed by atoms with E-state index in [0.717, 1.165) is 0 Å². The molecule has 0 saturated carbocycles. The molecule has 1 unspecified atom stereocenters. The molecule has 1 aliphatic rings. The van der Waals surface area contributed by atoms with Crippen LogP contribution in [0.4, 0.5) is 4.79 Å². The topological polar surface area (TPSA) is 90.2 Å². The normalized spacial score (nSPS) is 20.2. The van der Waals surface area contributed by atoms with E-state index in [1.54, 1.807) is 4.90 Å². The van der Waals surface area contributed by atoms with E-state index in [9.17, 15) is 15.0 Å². The van der Waals surface area contributed by atoms with Crippen LogP contribution in [-0.4, -0.2) is 74.8 Å². The van der Waals surface area contributed by atoms with E-state index in [2.05, 4.69) is 0 Å². The van der Waals surface area contributed by atoms with E-state index in [1.807, 2.05) is 20.8 Å². The van der Waals surface area contributed by atoms with Crippen molar-refractivity contribution in [2.24, 2.45) is 0 Å². The van der Waals surface area contributed by atoms with Crippen LogP contribution in [0.5, 0.6) is 0 Å². The zero-order chi connectivity index (χ0) is 16.1. The predicted octanol–water partition coefficient (Wildman–Crippen LogP) is 0.835. The molecule has 1 heterocycles. The van der Waals surface area contributed by atoms with Crippen LogP contribution in [0, 0.1) is 0 Å². The minimum absolute atomic E-state index is 0.266. The van der Waals surface area contributed by atoms with Gasteiger partial charge >= 0.3 is 6.09 Å². The van der Waals surface area contributed by atoms with Gasteiger partial charge in [0.1, 0.15) is 5.60 Å². The molecule has 6 nitrogen and oxygen atoms in total. The third-order valence-electron chi connectivity index (χ3n) is 3.24. The second-order valence-corrected chi connectivity index (χ2v) is 7.57. The van der Waals surface area contributed by atoms with Crippen LogP contribution in [0.2, 0.25) is 0 Å². The van der Waals surface area contributed by atoms with Crippen molar-refractivity contribution < 1.29 is 24.9 Å². The molecule has 0 bridgehead atoms. The van der Waals surface area contributed by atoms with Gasteiger partial charge in [-0.25, -0.2) is 4.79 Å². The van der Waals surface area contributed by atoms with Crippen LogP contribution in [0.25, 0.3) is 0 Å². The SMILES string of the molecule is CC(C)(C)OC(=O)N1CCC(O)(CSCC(O)CO)CC1. The Hall–Kier alpha value is -0.500. The second kappa shape index (κ2) is 7.67. The maximum Gasteiger partial charge on any atom is 0.410 e. The number of aliphatic hydroxyl groups excluding tert-OH is 2. The third-order valence-corrected chi connectivity index (χ3v) is 4.60. The maximum absolute atomic E-state index is 11.9. The Morgan fingerprint density at radius 3 is 2.43 bits per heavy atom. The number of carbonyl (C=O) groups excluding carboxylic acids is 1. The van der Waals surface area contributed by atoms with Gasteiger partial charge in [-0.1, -0.05) is 0 Å². The van der Waals surface area contributed by atoms with Crippen LogP contribution in [0.15, 0.2) is 0 Å². The summed E-state index contributed by atoms with van der Waals surface area (Å²) in [5.41, 5.74) is -1.33. The van der Waals surface area contributed by atoms with Gasteiger partial charge in [-0.05, 0) is 33.6 Å². The zero-order valence-corrected chi connectivity index (χ0v) is 13.9. The number of aliphatic hydroxyl groups is 3. The van der Waals surface area contributed by atoms with Gasteiger partial charge in [-0.3, -0.25) is 0 Å². The summed E-state index contributed by atoms with van der Waals surface area (Å²) in [5.74, 6) is 0.890. The van der Waals surface area contributed by atoms with Gasteiger partial charge in [0.25, 0.3) is 0 Å². The lowest BCUT2D eigenvalue weighted by Gasteiger charge is -2.38. The van der Waals surface area contributed by atoms with E-state index < -0.39 is 17.3 Å². The number of carbonyl (C=O) groups is 1. The van der Waals surface area contributed by atoms with Crippen molar-refractivity contribution in [2.45, 2.75) is 50.9 Å². The van der Waals surface area contributed by atoms with E-state index in [-0.39, 0.29) is 12.7 Å². The average molecular weight is 321 g/mol. The fraction of sp³-hybridized carbons (Fsp3) is 0.929. The lowest BCUT2D eigenvalue weighted by molar-refractivity contribution is -0.0191. The Labute approximate surface area is 130 Å². The Bertz CT molecular complexity index is 337. The third kappa shape index (κ3) is 6.86. The van der Waals surface area contributed by atoms with Crippen LogP contribution in [0.1, 0.15) is 33.6 Å². The predicted molar refractivity (Wildman–Crippen MR) is 82.4 cm³/mol. The van der Waals surface area contributed by atoms with Gasteiger partial charge in [0, 0.05) is 24.6 Å². The maximum atomic E-state index is 11.9. The number of ether oxygens (including phenoxy) is 1. The first-order chi connectivity index (χ1) is 9.65. The molecule has 1 rings (SSSR count). The second-order valence-electron chi connectivity index (χ2n) is 6.54. The molecule has 7 heteroatoms. The molecule has 1 aliphatic heterocycles. The minimum atomic E-state index is -0.821. The molecule has 21 heavy (non-hydrogen) atoms. The summed E-state index contributed by atoms with van der Waals surface area (Å²) in [6, 6.07) is 0. The number of thioether (sulfide) groups is 1. The molecular weight excluding hydrogens is 294 g/mol. The van der Waals surface area contributed by atoms with Gasteiger partial charge in [0.15, 0.2) is 0 Å². The molecule has 0 aliphatic carbocycles. The Kier molecular flexibility index (Phi) is 6.77. The van der Waals surface area contributed by atoms with Crippen LogP contribution >= 0.6 is 11.8 Å². The highest BCUT2D eigenvalue weighted by atomic mass is 32.2. The smallest absolute Gasteiger partial charge is 0.410 e. The number of nitrogens with zero attached hydrogens (tertiary/aromatic N) is 1. The van der Waals surface area contributed by atoms with Crippen molar-refractivity contribution in [1.82, 2.24) is 4.90 Å². The minimum Gasteiger partial charge on any atom is -0.444 e. The Balaban J connectivity index is 2.35. The number of piperidine rings is 1. The van der Waals surface area contributed by atoms with E-state index >= 15 is 0 Å². The standard InChI is InChI=1S/C14H27NO5S/c1-13(2,3)20-12(18)15-6-4-14(19,5-7-15)10-21-9-11(17)8-16/h11,16-17,19H,4-10H2,1-3H3. The number of hydrogen-bond donors (Lipinski definition) is 3. The van der Waals surface area contributed by atoms with Crippen molar-refractivity contribution >= 4 is 17.9 Å². The van der Waals surface area contributed by atoms with Crippen LogP contribution in [0.3, 0.4) is 0 Å². The van der Waals surface area contributed by atoms with Crippen LogP contribution < -0.4 is 0 Å². The molecule has 1 saturated heterocycles. The number of amides is 1. The fourth-order valence-corrected chi connectivity index (χ4v) is 3.18. The van der Waals surface area contributed by atoms with Gasteiger partial charge < -0.3 is 25.0 Å². The first-order valence-corrected chi connectivity index (χ1v) is 8.38. The molecule has 0 aromatic carbocycles. The molecule has 3 N–H and O–H groups in total. The summed E-state index contributed by atoms with van der Waals surface area (Å²) < 4.78 is 5.31. The molecule has 1 amide bonds. The van der Waals surface area contributed by atoms with Gasteiger partial charge in [0.05, 0.1) is 18.3 Å². The molecule has 0 radical (unpaired) electrons. The van der Waals surface area contributed by atoms with Gasteiger partial charge in [-0.2, -0.15) is 11.8 Å². The number of rotatable bonds is 5. The molecule has 1 fully saturated rings. The average Bonchev–Trinajstić information content (AvgIpc) is 2.37. The molecule has 0 spiro atoms. The van der Waals surface area contributed by atoms with Crippen molar-refractivity contribution in [3.05, 3.63) is 0 Å². The lowest BCUT2D eigenvalue weighted by atomic mass is 9.94. The van der Waals surface area contributed by atoms with E-state index in [0.29, 0.717) is 37.4 Å². The van der Waals surface area contributed by atoms with E-state index in [1.165, 1.54) is 11.8 Å². The monoisotopic (exact) mass is 321 g/mol. The molecule has 0 aromatic heterocycles. The van der Waals surface area contributed by atoms with E-state index in [4.69, 9.17) is 9.84 Å². The Morgan fingerprint density at radius 1 is 1.38 bits per heavy atom. The fourth-order valence-electron chi connectivity index (χ4n) is 2.01.